The van der Waals surface area contributed by atoms with Crippen LogP contribution in [0.25, 0.3) is 0 Å². The predicted molar refractivity (Wildman–Crippen MR) is 82.8 cm³/mol. The van der Waals surface area contributed by atoms with Gasteiger partial charge in [-0.1, -0.05) is 24.3 Å². The lowest BCUT2D eigenvalue weighted by Gasteiger charge is -2.12. The predicted octanol–water partition coefficient (Wildman–Crippen LogP) is 2.43. The van der Waals surface area contributed by atoms with Gasteiger partial charge in [-0.15, -0.1) is 0 Å². The third-order valence-corrected chi connectivity index (χ3v) is 4.98. The molecular formula is C16H16FNO4S. The summed E-state index contributed by atoms with van der Waals surface area (Å²) in [4.78, 5) is 12.0. The molecule has 0 saturated carbocycles. The normalized spacial score (nSPS) is 11.5. The molecule has 23 heavy (non-hydrogen) atoms. The van der Waals surface area contributed by atoms with Gasteiger partial charge in [-0.2, -0.15) is 0 Å². The lowest BCUT2D eigenvalue weighted by molar-refractivity contribution is 0.0468. The number of ether oxygens (including phenoxy) is 1. The first kappa shape index (κ1) is 17.1. The highest BCUT2D eigenvalue weighted by atomic mass is 32.2. The Labute approximate surface area is 134 Å². The molecule has 5 nitrogen and oxygen atoms in total. The van der Waals surface area contributed by atoms with Crippen molar-refractivity contribution >= 4 is 16.0 Å². The van der Waals surface area contributed by atoms with Crippen LogP contribution in [0.3, 0.4) is 0 Å². The number of hydrogen-bond acceptors (Lipinski definition) is 4. The summed E-state index contributed by atoms with van der Waals surface area (Å²) in [7, 11) is -0.839. The fourth-order valence-electron chi connectivity index (χ4n) is 1.84. The van der Waals surface area contributed by atoms with Gasteiger partial charge in [0.15, 0.2) is 0 Å². The standard InChI is InChI=1S/C16H16FNO4S/c1-18(2)23(20,21)14-8-5-7-12(10-14)16(19)22-11-13-6-3-4-9-15(13)17/h3-10H,11H2,1-2H3. The van der Waals surface area contributed by atoms with Crippen LogP contribution in [0.15, 0.2) is 53.4 Å². The van der Waals surface area contributed by atoms with E-state index in [9.17, 15) is 17.6 Å². The van der Waals surface area contributed by atoms with Gasteiger partial charge >= 0.3 is 5.97 Å². The van der Waals surface area contributed by atoms with Gasteiger partial charge in [0.2, 0.25) is 10.0 Å². The third-order valence-electron chi connectivity index (χ3n) is 3.16. The zero-order chi connectivity index (χ0) is 17.0. The van der Waals surface area contributed by atoms with Crippen molar-refractivity contribution in [3.63, 3.8) is 0 Å². The van der Waals surface area contributed by atoms with Crippen LogP contribution in [0, 0.1) is 5.82 Å². The highest BCUT2D eigenvalue weighted by molar-refractivity contribution is 7.89. The number of hydrogen-bond donors (Lipinski definition) is 0. The third kappa shape index (κ3) is 3.94. The van der Waals surface area contributed by atoms with Gasteiger partial charge in [0.25, 0.3) is 0 Å². The molecule has 0 bridgehead atoms. The molecule has 0 unspecified atom stereocenters. The summed E-state index contributed by atoms with van der Waals surface area (Å²) in [5.74, 6) is -1.19. The molecule has 2 rings (SSSR count). The number of benzene rings is 2. The highest BCUT2D eigenvalue weighted by Crippen LogP contribution is 2.16. The number of carbonyl (C=O) groups excluding carboxylic acids is 1. The Morgan fingerprint density at radius 2 is 1.83 bits per heavy atom. The van der Waals surface area contributed by atoms with Gasteiger partial charge in [-0.05, 0) is 24.3 Å². The Hall–Kier alpha value is -2.25. The van der Waals surface area contributed by atoms with E-state index < -0.39 is 21.8 Å². The summed E-state index contributed by atoms with van der Waals surface area (Å²) in [5.41, 5.74) is 0.335. The average molecular weight is 337 g/mol. The van der Waals surface area contributed by atoms with Gasteiger partial charge in [-0.25, -0.2) is 21.9 Å². The van der Waals surface area contributed by atoms with Crippen molar-refractivity contribution in [3.05, 3.63) is 65.5 Å². The molecule has 2 aromatic carbocycles. The number of sulfonamides is 1. The van der Waals surface area contributed by atoms with E-state index in [1.165, 1.54) is 56.6 Å². The van der Waals surface area contributed by atoms with E-state index in [2.05, 4.69) is 0 Å². The number of halogens is 1. The molecule has 7 heteroatoms. The molecule has 0 radical (unpaired) electrons. The molecule has 0 saturated heterocycles. The summed E-state index contributed by atoms with van der Waals surface area (Å²) in [6, 6.07) is 11.5. The fraction of sp³-hybridized carbons (Fsp3) is 0.188. The average Bonchev–Trinajstić information content (AvgIpc) is 2.53. The second-order valence-electron chi connectivity index (χ2n) is 4.98. The number of esters is 1. The van der Waals surface area contributed by atoms with Gasteiger partial charge in [0, 0.05) is 19.7 Å². The SMILES string of the molecule is CN(C)S(=O)(=O)c1cccc(C(=O)OCc2ccccc2F)c1. The van der Waals surface area contributed by atoms with E-state index in [4.69, 9.17) is 4.74 Å². The quantitative estimate of drug-likeness (QED) is 0.786. The molecule has 0 aliphatic carbocycles. The molecule has 0 fully saturated rings. The van der Waals surface area contributed by atoms with Crippen LogP contribution < -0.4 is 0 Å². The topological polar surface area (TPSA) is 63.7 Å². The minimum atomic E-state index is -3.64. The number of carbonyl (C=O) groups is 1. The Bertz CT molecular complexity index is 818. The van der Waals surface area contributed by atoms with E-state index in [0.717, 1.165) is 4.31 Å². The molecule has 0 aliphatic rings. The Morgan fingerprint density at radius 3 is 2.48 bits per heavy atom. The van der Waals surface area contributed by atoms with Gasteiger partial charge in [-0.3, -0.25) is 0 Å². The lowest BCUT2D eigenvalue weighted by Crippen LogP contribution is -2.22. The van der Waals surface area contributed by atoms with E-state index in [-0.39, 0.29) is 22.6 Å². The molecule has 122 valence electrons. The number of nitrogens with zero attached hydrogens (tertiary/aromatic N) is 1. The van der Waals surface area contributed by atoms with Crippen molar-refractivity contribution in [1.82, 2.24) is 4.31 Å². The molecule has 0 spiro atoms. The van der Waals surface area contributed by atoms with Crippen LogP contribution in [-0.4, -0.2) is 32.8 Å². The van der Waals surface area contributed by atoms with Crippen LogP contribution in [0.1, 0.15) is 15.9 Å². The molecular weight excluding hydrogens is 321 g/mol. The Kier molecular flexibility index (Phi) is 5.12. The zero-order valence-corrected chi connectivity index (χ0v) is 13.5. The molecule has 2 aromatic rings. The van der Waals surface area contributed by atoms with Crippen molar-refractivity contribution in [2.45, 2.75) is 11.5 Å². The summed E-state index contributed by atoms with van der Waals surface area (Å²) >= 11 is 0. The second-order valence-corrected chi connectivity index (χ2v) is 7.13. The maximum Gasteiger partial charge on any atom is 0.338 e. The maximum absolute atomic E-state index is 13.5. The van der Waals surface area contributed by atoms with Crippen molar-refractivity contribution < 1.29 is 22.3 Å². The summed E-state index contributed by atoms with van der Waals surface area (Å²) in [6.45, 7) is -0.226. The largest absolute Gasteiger partial charge is 0.457 e. The zero-order valence-electron chi connectivity index (χ0n) is 12.7. The monoisotopic (exact) mass is 337 g/mol. The van der Waals surface area contributed by atoms with E-state index in [1.54, 1.807) is 6.07 Å². The molecule has 0 amide bonds. The molecule has 0 N–H and O–H groups in total. The molecule has 0 atom stereocenters. The van der Waals surface area contributed by atoms with Crippen molar-refractivity contribution in [1.29, 1.82) is 0 Å². The van der Waals surface area contributed by atoms with Crippen molar-refractivity contribution in [2.24, 2.45) is 0 Å². The van der Waals surface area contributed by atoms with Gasteiger partial charge in [0.05, 0.1) is 10.5 Å². The first-order valence-corrected chi connectivity index (χ1v) is 8.19. The minimum absolute atomic E-state index is 0.0113. The highest BCUT2D eigenvalue weighted by Gasteiger charge is 2.19. The van der Waals surface area contributed by atoms with Gasteiger partial charge < -0.3 is 4.74 Å². The number of rotatable bonds is 5. The van der Waals surface area contributed by atoms with Crippen LogP contribution in [0.5, 0.6) is 0 Å². The second kappa shape index (κ2) is 6.89. The summed E-state index contributed by atoms with van der Waals surface area (Å²) in [5, 5.41) is 0. The lowest BCUT2D eigenvalue weighted by atomic mass is 10.2. The van der Waals surface area contributed by atoms with Crippen LogP contribution in [0.4, 0.5) is 4.39 Å². The molecule has 0 aromatic heterocycles. The van der Waals surface area contributed by atoms with E-state index in [1.807, 2.05) is 0 Å². The summed E-state index contributed by atoms with van der Waals surface area (Å²) < 4.78 is 43.7. The maximum atomic E-state index is 13.5. The first-order valence-electron chi connectivity index (χ1n) is 6.75. The smallest absolute Gasteiger partial charge is 0.338 e. The Balaban J connectivity index is 2.16. The van der Waals surface area contributed by atoms with Crippen LogP contribution in [-0.2, 0) is 21.4 Å². The molecule has 0 aliphatic heterocycles. The van der Waals surface area contributed by atoms with Crippen LogP contribution in [0.2, 0.25) is 0 Å². The van der Waals surface area contributed by atoms with E-state index >= 15 is 0 Å². The Morgan fingerprint density at radius 1 is 1.13 bits per heavy atom. The molecule has 0 heterocycles. The first-order chi connectivity index (χ1) is 10.8. The summed E-state index contributed by atoms with van der Waals surface area (Å²) in [6.07, 6.45) is 0. The minimum Gasteiger partial charge on any atom is -0.457 e. The van der Waals surface area contributed by atoms with Crippen molar-refractivity contribution in [3.8, 4) is 0 Å². The van der Waals surface area contributed by atoms with Gasteiger partial charge in [0.1, 0.15) is 12.4 Å². The van der Waals surface area contributed by atoms with Crippen molar-refractivity contribution in [2.75, 3.05) is 14.1 Å². The van der Waals surface area contributed by atoms with Crippen LogP contribution >= 0.6 is 0 Å². The van der Waals surface area contributed by atoms with E-state index in [0.29, 0.717) is 0 Å². The fourth-order valence-corrected chi connectivity index (χ4v) is 2.78.